The molecule has 0 radical (unpaired) electrons. The molecule has 0 saturated heterocycles. The lowest BCUT2D eigenvalue weighted by Gasteiger charge is -2.00. The predicted octanol–water partition coefficient (Wildman–Crippen LogP) is 7.48. The van der Waals surface area contributed by atoms with Crippen LogP contribution < -0.4 is 0 Å². The van der Waals surface area contributed by atoms with Crippen molar-refractivity contribution in [1.29, 1.82) is 0 Å². The van der Waals surface area contributed by atoms with E-state index in [9.17, 15) is 9.90 Å². The van der Waals surface area contributed by atoms with Gasteiger partial charge in [0, 0.05) is 5.56 Å². The topological polar surface area (TPSA) is 65.4 Å². The van der Waals surface area contributed by atoms with E-state index >= 15 is 0 Å². The van der Waals surface area contributed by atoms with Crippen molar-refractivity contribution in [3.05, 3.63) is 77.4 Å². The molecule has 1 aromatic heterocycles. The van der Waals surface area contributed by atoms with Gasteiger partial charge in [-0.3, -0.25) is 4.79 Å². The van der Waals surface area contributed by atoms with Gasteiger partial charge in [0.1, 0.15) is 0 Å². The number of nitrogens with one attached hydrogen (secondary N) is 1. The minimum Gasteiger partial charge on any atom is -0.494 e. The Hall–Kier alpha value is -3.14. The number of aromatic hydroxyl groups is 1. The first-order chi connectivity index (χ1) is 14.8. The van der Waals surface area contributed by atoms with Crippen molar-refractivity contribution < 1.29 is 9.90 Å². The maximum Gasteiger partial charge on any atom is 0.280 e. The largest absolute Gasteiger partial charge is 0.494 e. The highest BCUT2D eigenvalue weighted by Crippen LogP contribution is 2.37. The van der Waals surface area contributed by atoms with E-state index in [1.165, 1.54) is 0 Å². The van der Waals surface area contributed by atoms with Crippen LogP contribution in [0, 0.1) is 0 Å². The number of aromatic amines is 1. The number of amides is 1. The third-order valence-electron chi connectivity index (χ3n) is 3.75. The Morgan fingerprint density at radius 1 is 0.667 bits per heavy atom. The Morgan fingerprint density at radius 3 is 1.57 bits per heavy atom. The first-order valence-electron chi connectivity index (χ1n) is 10.9. The number of hydrogen-bond acceptors (Lipinski definition) is 2. The highest BCUT2D eigenvalue weighted by molar-refractivity contribution is 6.30. The molecule has 1 amide bonds. The number of carbonyl (C=O) groups excluding carboxylic acids is 1. The molecule has 0 spiro atoms. The molecular weight excluding hydrogens is 372 g/mol. The standard InChI is InChI=1S/C18H12N2O2.4C2H6/c21-17-13-14(16(20-17)12-9-5-2-6-10-12)18(22)19-15(13)11-7-3-1-4-8-11;4*1-2/h1-10,19,22H;4*1-2H3. The van der Waals surface area contributed by atoms with Crippen LogP contribution >= 0.6 is 0 Å². The zero-order chi connectivity index (χ0) is 23.1. The van der Waals surface area contributed by atoms with E-state index in [4.69, 9.17) is 0 Å². The molecule has 3 aromatic rings. The maximum absolute atomic E-state index is 12.3. The molecule has 2 aromatic carbocycles. The molecular formula is C26H36N2O2. The van der Waals surface area contributed by atoms with Gasteiger partial charge in [-0.2, -0.15) is 0 Å². The Kier molecular flexibility index (Phi) is 13.3. The summed E-state index contributed by atoms with van der Waals surface area (Å²) in [5.74, 6) is -0.355. The van der Waals surface area contributed by atoms with Gasteiger partial charge >= 0.3 is 0 Å². The minimum atomic E-state index is -0.329. The van der Waals surface area contributed by atoms with Gasteiger partial charge in [-0.15, -0.1) is 0 Å². The molecule has 0 bridgehead atoms. The Labute approximate surface area is 181 Å². The quantitative estimate of drug-likeness (QED) is 0.461. The number of aliphatic imine (C=N–C) groups is 1. The zero-order valence-electron chi connectivity index (χ0n) is 19.6. The van der Waals surface area contributed by atoms with Gasteiger partial charge in [-0.25, -0.2) is 4.99 Å². The van der Waals surface area contributed by atoms with Gasteiger partial charge in [0.2, 0.25) is 0 Å². The van der Waals surface area contributed by atoms with Crippen LogP contribution in [0.5, 0.6) is 5.88 Å². The number of nitrogens with zero attached hydrogens (tertiary/aromatic N) is 1. The summed E-state index contributed by atoms with van der Waals surface area (Å²) in [4.78, 5) is 19.4. The Balaban J connectivity index is 0.000000948. The average molecular weight is 409 g/mol. The van der Waals surface area contributed by atoms with E-state index in [1.54, 1.807) is 0 Å². The average Bonchev–Trinajstić information content (AvgIpc) is 3.38. The van der Waals surface area contributed by atoms with Crippen LogP contribution in [-0.4, -0.2) is 21.7 Å². The minimum absolute atomic E-state index is 0.0256. The summed E-state index contributed by atoms with van der Waals surface area (Å²) < 4.78 is 0. The van der Waals surface area contributed by atoms with Crippen LogP contribution in [-0.2, 0) is 0 Å². The first kappa shape index (κ1) is 26.9. The molecule has 0 aliphatic carbocycles. The molecule has 1 aliphatic heterocycles. The second-order valence-electron chi connectivity index (χ2n) is 5.10. The third-order valence-corrected chi connectivity index (χ3v) is 3.75. The van der Waals surface area contributed by atoms with E-state index in [-0.39, 0.29) is 11.8 Å². The second-order valence-corrected chi connectivity index (χ2v) is 5.10. The number of fused-ring (bicyclic) bond motifs is 1. The molecule has 0 atom stereocenters. The van der Waals surface area contributed by atoms with E-state index in [2.05, 4.69) is 9.98 Å². The lowest BCUT2D eigenvalue weighted by Crippen LogP contribution is -1.99. The molecule has 4 heteroatoms. The molecule has 2 N–H and O–H groups in total. The van der Waals surface area contributed by atoms with Crippen LogP contribution in [0.25, 0.3) is 11.3 Å². The highest BCUT2D eigenvalue weighted by Gasteiger charge is 2.33. The SMILES string of the molecule is CC.CC.CC.CC.O=C1N=C(c2ccccc2)c2c(O)[nH]c(-c3ccccc3)c21. The molecule has 4 rings (SSSR count). The molecule has 1 aliphatic rings. The Bertz CT molecular complexity index is 896. The number of H-pyrrole nitrogens is 1. The van der Waals surface area contributed by atoms with Crippen LogP contribution in [0.2, 0.25) is 0 Å². The predicted molar refractivity (Wildman–Crippen MR) is 130 cm³/mol. The van der Waals surface area contributed by atoms with Crippen LogP contribution in [0.4, 0.5) is 0 Å². The molecule has 0 saturated carbocycles. The van der Waals surface area contributed by atoms with E-state index < -0.39 is 0 Å². The number of benzene rings is 2. The van der Waals surface area contributed by atoms with Crippen molar-refractivity contribution in [2.75, 3.05) is 0 Å². The van der Waals surface area contributed by atoms with Crippen LogP contribution in [0.1, 0.15) is 76.9 Å². The lowest BCUT2D eigenvalue weighted by atomic mass is 10.0. The molecule has 0 fully saturated rings. The summed E-state index contributed by atoms with van der Waals surface area (Å²) in [5, 5.41) is 10.3. The fourth-order valence-corrected chi connectivity index (χ4v) is 2.77. The number of aromatic nitrogens is 1. The summed E-state index contributed by atoms with van der Waals surface area (Å²) in [6, 6.07) is 18.8. The molecule has 0 unspecified atom stereocenters. The van der Waals surface area contributed by atoms with Crippen molar-refractivity contribution >= 4 is 11.6 Å². The van der Waals surface area contributed by atoms with Crippen molar-refractivity contribution in [2.45, 2.75) is 55.4 Å². The monoisotopic (exact) mass is 408 g/mol. The molecule has 2 heterocycles. The zero-order valence-corrected chi connectivity index (χ0v) is 19.6. The fourth-order valence-electron chi connectivity index (χ4n) is 2.77. The van der Waals surface area contributed by atoms with Gasteiger partial charge in [0.05, 0.1) is 22.5 Å². The molecule has 30 heavy (non-hydrogen) atoms. The van der Waals surface area contributed by atoms with Crippen molar-refractivity contribution in [3.63, 3.8) is 0 Å². The van der Waals surface area contributed by atoms with Crippen LogP contribution in [0.15, 0.2) is 65.7 Å². The lowest BCUT2D eigenvalue weighted by molar-refractivity contribution is 0.101. The summed E-state index contributed by atoms with van der Waals surface area (Å²) in [5.41, 5.74) is 3.68. The first-order valence-corrected chi connectivity index (χ1v) is 10.9. The summed E-state index contributed by atoms with van der Waals surface area (Å²) in [7, 11) is 0. The smallest absolute Gasteiger partial charge is 0.280 e. The molecule has 4 nitrogen and oxygen atoms in total. The van der Waals surface area contributed by atoms with Crippen LogP contribution in [0.3, 0.4) is 0 Å². The van der Waals surface area contributed by atoms with Crippen molar-refractivity contribution in [2.24, 2.45) is 4.99 Å². The molecule has 162 valence electrons. The summed E-state index contributed by atoms with van der Waals surface area (Å²) in [6.07, 6.45) is 0. The Morgan fingerprint density at radius 2 is 1.10 bits per heavy atom. The van der Waals surface area contributed by atoms with Gasteiger partial charge in [-0.1, -0.05) is 116 Å². The highest BCUT2D eigenvalue weighted by atomic mass is 16.3. The van der Waals surface area contributed by atoms with Gasteiger partial charge in [-0.05, 0) is 5.56 Å². The van der Waals surface area contributed by atoms with Crippen molar-refractivity contribution in [3.8, 4) is 17.1 Å². The summed E-state index contributed by atoms with van der Waals surface area (Å²) >= 11 is 0. The number of hydrogen-bond donors (Lipinski definition) is 2. The maximum atomic E-state index is 12.3. The van der Waals surface area contributed by atoms with Crippen molar-refractivity contribution in [1.82, 2.24) is 4.98 Å². The van der Waals surface area contributed by atoms with E-state index in [0.29, 0.717) is 22.5 Å². The fraction of sp³-hybridized carbons (Fsp3) is 0.308. The number of carbonyl (C=O) groups is 1. The van der Waals surface area contributed by atoms with Gasteiger partial charge in [0.15, 0.2) is 5.88 Å². The van der Waals surface area contributed by atoms with Gasteiger partial charge < -0.3 is 10.1 Å². The third kappa shape index (κ3) is 5.93. The second kappa shape index (κ2) is 14.8. The van der Waals surface area contributed by atoms with E-state index in [0.717, 1.165) is 11.1 Å². The van der Waals surface area contributed by atoms with E-state index in [1.807, 2.05) is 116 Å². The summed E-state index contributed by atoms with van der Waals surface area (Å²) in [6.45, 7) is 16.0. The normalized spacial score (nSPS) is 10.4. The number of rotatable bonds is 2. The van der Waals surface area contributed by atoms with Gasteiger partial charge in [0.25, 0.3) is 5.91 Å².